The van der Waals surface area contributed by atoms with E-state index < -0.39 is 10.0 Å². The molecule has 2 aromatic rings. The summed E-state index contributed by atoms with van der Waals surface area (Å²) in [5.74, 6) is 0.456. The molecule has 1 amide bonds. The standard InChI is InChI=1S/C21H27N3O5S/c1-28-19-9-8-17(16-20(19)29-2)21(25)22-10-15-30(26,27)24-13-11-23(12-14-24)18-6-4-3-5-7-18/h3-9,16H,10-15H2,1-2H3,(H,22,25). The highest BCUT2D eigenvalue weighted by Gasteiger charge is 2.27. The second-order valence-corrected chi connectivity index (χ2v) is 8.95. The molecule has 1 N–H and O–H groups in total. The highest BCUT2D eigenvalue weighted by atomic mass is 32.2. The molecule has 0 spiro atoms. The molecule has 0 aromatic heterocycles. The zero-order chi connectivity index (χ0) is 21.6. The van der Waals surface area contributed by atoms with E-state index in [1.165, 1.54) is 18.5 Å². The zero-order valence-corrected chi connectivity index (χ0v) is 18.0. The lowest BCUT2D eigenvalue weighted by Gasteiger charge is -2.35. The fourth-order valence-corrected chi connectivity index (χ4v) is 4.70. The van der Waals surface area contributed by atoms with Crippen molar-refractivity contribution in [3.05, 3.63) is 54.1 Å². The van der Waals surface area contributed by atoms with Gasteiger partial charge in [0.05, 0.1) is 20.0 Å². The van der Waals surface area contributed by atoms with E-state index in [0.29, 0.717) is 43.2 Å². The van der Waals surface area contributed by atoms with Gasteiger partial charge in [0, 0.05) is 44.0 Å². The van der Waals surface area contributed by atoms with E-state index in [2.05, 4.69) is 10.2 Å². The molecule has 0 radical (unpaired) electrons. The Bertz CT molecular complexity index is 958. The van der Waals surface area contributed by atoms with Crippen LogP contribution in [0.1, 0.15) is 10.4 Å². The Balaban J connectivity index is 1.50. The molecule has 1 fully saturated rings. The van der Waals surface area contributed by atoms with Crippen LogP contribution >= 0.6 is 0 Å². The minimum Gasteiger partial charge on any atom is -0.493 e. The first-order valence-electron chi connectivity index (χ1n) is 9.72. The number of carbonyl (C=O) groups is 1. The second kappa shape index (κ2) is 9.82. The smallest absolute Gasteiger partial charge is 0.251 e. The van der Waals surface area contributed by atoms with Gasteiger partial charge in [-0.2, -0.15) is 4.31 Å². The van der Waals surface area contributed by atoms with Gasteiger partial charge in [0.15, 0.2) is 11.5 Å². The second-order valence-electron chi connectivity index (χ2n) is 6.86. The molecule has 0 bridgehead atoms. The van der Waals surface area contributed by atoms with E-state index in [9.17, 15) is 13.2 Å². The molecule has 1 heterocycles. The monoisotopic (exact) mass is 433 g/mol. The Labute approximate surface area is 177 Å². The summed E-state index contributed by atoms with van der Waals surface area (Å²) in [6, 6.07) is 14.7. The number of carbonyl (C=O) groups excluding carboxylic acids is 1. The lowest BCUT2D eigenvalue weighted by atomic mass is 10.2. The molecule has 1 aliphatic heterocycles. The SMILES string of the molecule is COc1ccc(C(=O)NCCS(=O)(=O)N2CCN(c3ccccc3)CC2)cc1OC. The minimum absolute atomic E-state index is 0.0361. The van der Waals surface area contributed by atoms with Gasteiger partial charge in [-0.25, -0.2) is 8.42 Å². The van der Waals surface area contributed by atoms with Crippen molar-refractivity contribution in [1.82, 2.24) is 9.62 Å². The van der Waals surface area contributed by atoms with E-state index in [0.717, 1.165) is 5.69 Å². The molecule has 30 heavy (non-hydrogen) atoms. The summed E-state index contributed by atoms with van der Waals surface area (Å²) in [5.41, 5.74) is 1.47. The van der Waals surface area contributed by atoms with Gasteiger partial charge in [0.25, 0.3) is 5.91 Å². The first-order valence-corrected chi connectivity index (χ1v) is 11.3. The molecule has 0 saturated carbocycles. The van der Waals surface area contributed by atoms with Crippen LogP contribution in [0.5, 0.6) is 11.5 Å². The van der Waals surface area contributed by atoms with Gasteiger partial charge in [0.1, 0.15) is 0 Å². The summed E-state index contributed by atoms with van der Waals surface area (Å²) in [6.07, 6.45) is 0. The average Bonchev–Trinajstić information content (AvgIpc) is 2.79. The third-order valence-electron chi connectivity index (χ3n) is 5.04. The number of para-hydroxylation sites is 1. The number of sulfonamides is 1. The number of anilines is 1. The largest absolute Gasteiger partial charge is 0.493 e. The van der Waals surface area contributed by atoms with Gasteiger partial charge < -0.3 is 19.7 Å². The van der Waals surface area contributed by atoms with Crippen molar-refractivity contribution >= 4 is 21.6 Å². The van der Waals surface area contributed by atoms with Crippen LogP contribution in [0, 0.1) is 0 Å². The van der Waals surface area contributed by atoms with Crippen LogP contribution in [-0.2, 0) is 10.0 Å². The van der Waals surface area contributed by atoms with Crippen molar-refractivity contribution in [2.75, 3.05) is 57.6 Å². The van der Waals surface area contributed by atoms with Gasteiger partial charge in [-0.05, 0) is 30.3 Å². The number of nitrogens with zero attached hydrogens (tertiary/aromatic N) is 2. The highest BCUT2D eigenvalue weighted by molar-refractivity contribution is 7.89. The molecule has 0 atom stereocenters. The molecule has 0 unspecified atom stereocenters. The molecular formula is C21H27N3O5S. The lowest BCUT2D eigenvalue weighted by molar-refractivity contribution is 0.0955. The first-order chi connectivity index (χ1) is 14.4. The summed E-state index contributed by atoms with van der Waals surface area (Å²) in [5, 5.41) is 2.67. The minimum atomic E-state index is -3.44. The van der Waals surface area contributed by atoms with E-state index in [4.69, 9.17) is 9.47 Å². The van der Waals surface area contributed by atoms with Crippen molar-refractivity contribution in [2.24, 2.45) is 0 Å². The van der Waals surface area contributed by atoms with Crippen molar-refractivity contribution in [3.63, 3.8) is 0 Å². The summed E-state index contributed by atoms with van der Waals surface area (Å²) in [7, 11) is -0.437. The molecule has 8 nitrogen and oxygen atoms in total. The number of hydrogen-bond donors (Lipinski definition) is 1. The van der Waals surface area contributed by atoms with Crippen molar-refractivity contribution in [1.29, 1.82) is 0 Å². The van der Waals surface area contributed by atoms with Crippen LogP contribution in [-0.4, -0.2) is 71.3 Å². The predicted octanol–water partition coefficient (Wildman–Crippen LogP) is 1.59. The van der Waals surface area contributed by atoms with Crippen molar-refractivity contribution < 1.29 is 22.7 Å². The Morgan fingerprint density at radius 1 is 0.967 bits per heavy atom. The zero-order valence-electron chi connectivity index (χ0n) is 17.2. The summed E-state index contributed by atoms with van der Waals surface area (Å²) < 4.78 is 37.1. The molecule has 2 aromatic carbocycles. The topological polar surface area (TPSA) is 88.2 Å². The molecule has 9 heteroatoms. The molecule has 1 saturated heterocycles. The van der Waals surface area contributed by atoms with Crippen LogP contribution in [0.2, 0.25) is 0 Å². The Kier molecular flexibility index (Phi) is 7.17. The predicted molar refractivity (Wildman–Crippen MR) is 116 cm³/mol. The maximum Gasteiger partial charge on any atom is 0.251 e. The number of benzene rings is 2. The van der Waals surface area contributed by atoms with Gasteiger partial charge in [-0.15, -0.1) is 0 Å². The van der Waals surface area contributed by atoms with Crippen molar-refractivity contribution in [2.45, 2.75) is 0 Å². The first kappa shape index (κ1) is 21.9. The summed E-state index contributed by atoms with van der Waals surface area (Å²) >= 11 is 0. The van der Waals surface area contributed by atoms with Crippen LogP contribution in [0.25, 0.3) is 0 Å². The molecule has 0 aliphatic carbocycles. The maximum absolute atomic E-state index is 12.7. The summed E-state index contributed by atoms with van der Waals surface area (Å²) in [4.78, 5) is 14.5. The normalized spacial score (nSPS) is 14.9. The highest BCUT2D eigenvalue weighted by Crippen LogP contribution is 2.27. The number of piperazine rings is 1. The van der Waals surface area contributed by atoms with Gasteiger partial charge >= 0.3 is 0 Å². The molecular weight excluding hydrogens is 406 g/mol. The molecule has 1 aliphatic rings. The quantitative estimate of drug-likeness (QED) is 0.680. The number of hydrogen-bond acceptors (Lipinski definition) is 6. The van der Waals surface area contributed by atoms with E-state index in [1.807, 2.05) is 30.3 Å². The number of rotatable bonds is 8. The number of methoxy groups -OCH3 is 2. The van der Waals surface area contributed by atoms with E-state index in [1.54, 1.807) is 18.2 Å². The van der Waals surface area contributed by atoms with Gasteiger partial charge in [-0.3, -0.25) is 4.79 Å². The summed E-state index contributed by atoms with van der Waals surface area (Å²) in [6.45, 7) is 2.18. The van der Waals surface area contributed by atoms with Crippen LogP contribution < -0.4 is 19.7 Å². The third-order valence-corrected chi connectivity index (χ3v) is 6.92. The van der Waals surface area contributed by atoms with Crippen LogP contribution in [0.15, 0.2) is 48.5 Å². The average molecular weight is 434 g/mol. The maximum atomic E-state index is 12.7. The lowest BCUT2D eigenvalue weighted by Crippen LogP contribution is -2.50. The third kappa shape index (κ3) is 5.22. The fourth-order valence-electron chi connectivity index (χ4n) is 3.37. The van der Waals surface area contributed by atoms with E-state index in [-0.39, 0.29) is 18.2 Å². The van der Waals surface area contributed by atoms with Crippen LogP contribution in [0.3, 0.4) is 0 Å². The van der Waals surface area contributed by atoms with Gasteiger partial charge in [0.2, 0.25) is 10.0 Å². The number of ether oxygens (including phenoxy) is 2. The van der Waals surface area contributed by atoms with Crippen LogP contribution in [0.4, 0.5) is 5.69 Å². The fraction of sp³-hybridized carbons (Fsp3) is 0.381. The Hall–Kier alpha value is -2.78. The van der Waals surface area contributed by atoms with E-state index >= 15 is 0 Å². The van der Waals surface area contributed by atoms with Gasteiger partial charge in [-0.1, -0.05) is 18.2 Å². The number of amides is 1. The molecule has 162 valence electrons. The van der Waals surface area contributed by atoms with Crippen molar-refractivity contribution in [3.8, 4) is 11.5 Å². The molecule has 3 rings (SSSR count). The number of nitrogens with one attached hydrogen (secondary N) is 1. The Morgan fingerprint density at radius 3 is 2.27 bits per heavy atom. The Morgan fingerprint density at radius 2 is 1.63 bits per heavy atom.